The molecule has 1 N–H and O–H groups in total. The Labute approximate surface area is 162 Å². The minimum atomic E-state index is -0.812. The van der Waals surface area contributed by atoms with Crippen LogP contribution in [0.15, 0.2) is 52.5 Å². The molecule has 0 bridgehead atoms. The number of carbonyl (C=O) groups excluding carboxylic acids is 3. The molecule has 2 aromatic rings. The molecule has 0 spiro atoms. The highest BCUT2D eigenvalue weighted by Gasteiger charge is 2.37. The third kappa shape index (κ3) is 3.49. The highest BCUT2D eigenvalue weighted by Crippen LogP contribution is 2.28. The average Bonchev–Trinajstić information content (AvgIpc) is 2.58. The van der Waals surface area contributed by atoms with Crippen LogP contribution in [0.1, 0.15) is 5.56 Å². The Kier molecular flexibility index (Phi) is 5.11. The number of nitrogens with one attached hydrogen (secondary N) is 1. The summed E-state index contributed by atoms with van der Waals surface area (Å²) in [5, 5.41) is 2.59. The number of carbonyl (C=O) groups is 3. The largest absolute Gasteiger partial charge is 0.496 e. The molecule has 2 aromatic carbocycles. The first kappa shape index (κ1) is 18.2. The lowest BCUT2D eigenvalue weighted by atomic mass is 10.1. The molecule has 3 rings (SSSR count). The van der Waals surface area contributed by atoms with Gasteiger partial charge in [0.2, 0.25) is 0 Å². The first-order valence-corrected chi connectivity index (χ1v) is 8.58. The number of nitrogens with zero attached hydrogens (tertiary/aromatic N) is 1. The molecular formula is C18H12BrClN2O4. The van der Waals surface area contributed by atoms with Gasteiger partial charge in [-0.15, -0.1) is 0 Å². The van der Waals surface area contributed by atoms with Gasteiger partial charge in [-0.3, -0.25) is 14.9 Å². The number of benzene rings is 2. The number of hydrogen-bond acceptors (Lipinski definition) is 4. The first-order valence-electron chi connectivity index (χ1n) is 7.41. The van der Waals surface area contributed by atoms with Crippen molar-refractivity contribution in [2.24, 2.45) is 0 Å². The van der Waals surface area contributed by atoms with Crippen LogP contribution in [0.25, 0.3) is 6.08 Å². The fourth-order valence-electron chi connectivity index (χ4n) is 2.48. The zero-order chi connectivity index (χ0) is 18.8. The zero-order valence-electron chi connectivity index (χ0n) is 13.5. The second-order valence-corrected chi connectivity index (χ2v) is 6.68. The maximum Gasteiger partial charge on any atom is 0.335 e. The Morgan fingerprint density at radius 2 is 1.92 bits per heavy atom. The summed E-state index contributed by atoms with van der Waals surface area (Å²) >= 11 is 9.28. The molecule has 0 unspecified atom stereocenters. The summed E-state index contributed by atoms with van der Waals surface area (Å²) in [6.07, 6.45) is 1.35. The van der Waals surface area contributed by atoms with Crippen molar-refractivity contribution in [2.75, 3.05) is 12.0 Å². The smallest absolute Gasteiger partial charge is 0.335 e. The predicted molar refractivity (Wildman–Crippen MR) is 101 cm³/mol. The van der Waals surface area contributed by atoms with Crippen LogP contribution in [0.4, 0.5) is 10.5 Å². The number of halogens is 2. The highest BCUT2D eigenvalue weighted by molar-refractivity contribution is 9.10. The molecule has 0 radical (unpaired) electrons. The van der Waals surface area contributed by atoms with E-state index in [1.807, 2.05) is 0 Å². The molecular weight excluding hydrogens is 424 g/mol. The molecule has 8 heteroatoms. The van der Waals surface area contributed by atoms with E-state index in [4.69, 9.17) is 16.3 Å². The second-order valence-electron chi connectivity index (χ2n) is 5.32. The fraction of sp³-hybridized carbons (Fsp3) is 0.0556. The van der Waals surface area contributed by atoms with Crippen LogP contribution < -0.4 is 15.0 Å². The topological polar surface area (TPSA) is 75.7 Å². The number of urea groups is 1. The molecule has 1 aliphatic rings. The van der Waals surface area contributed by atoms with Gasteiger partial charge in [-0.05, 0) is 42.5 Å². The molecule has 132 valence electrons. The highest BCUT2D eigenvalue weighted by atomic mass is 79.9. The molecule has 1 heterocycles. The van der Waals surface area contributed by atoms with Gasteiger partial charge >= 0.3 is 6.03 Å². The van der Waals surface area contributed by atoms with E-state index in [-0.39, 0.29) is 5.57 Å². The summed E-state index contributed by atoms with van der Waals surface area (Å²) in [7, 11) is 1.46. The van der Waals surface area contributed by atoms with Crippen LogP contribution in [0.5, 0.6) is 5.75 Å². The minimum Gasteiger partial charge on any atom is -0.496 e. The van der Waals surface area contributed by atoms with Crippen molar-refractivity contribution in [3.05, 3.63) is 63.1 Å². The summed E-state index contributed by atoms with van der Waals surface area (Å²) in [5.41, 5.74) is 0.575. The molecule has 1 saturated heterocycles. The van der Waals surface area contributed by atoms with Crippen molar-refractivity contribution in [3.63, 3.8) is 0 Å². The van der Waals surface area contributed by atoms with Gasteiger partial charge in [-0.1, -0.05) is 33.6 Å². The SMILES string of the molecule is COc1ccc(Cl)cc1/C=C1\C(=O)NC(=O)N(c2cccc(Br)c2)C1=O. The number of hydrogen-bond donors (Lipinski definition) is 1. The Morgan fingerprint density at radius 3 is 2.62 bits per heavy atom. The van der Waals surface area contributed by atoms with Gasteiger partial charge in [0.15, 0.2) is 0 Å². The lowest BCUT2D eigenvalue weighted by molar-refractivity contribution is -0.122. The van der Waals surface area contributed by atoms with Crippen molar-refractivity contribution in [1.82, 2.24) is 5.32 Å². The maximum absolute atomic E-state index is 12.8. The monoisotopic (exact) mass is 434 g/mol. The number of anilines is 1. The third-order valence-electron chi connectivity index (χ3n) is 3.66. The molecule has 26 heavy (non-hydrogen) atoms. The summed E-state index contributed by atoms with van der Waals surface area (Å²) in [4.78, 5) is 38.1. The lowest BCUT2D eigenvalue weighted by Crippen LogP contribution is -2.54. The Bertz CT molecular complexity index is 958. The number of ether oxygens (including phenoxy) is 1. The Balaban J connectivity index is 2.07. The van der Waals surface area contributed by atoms with Crippen LogP contribution in [0.2, 0.25) is 5.02 Å². The summed E-state index contributed by atoms with van der Waals surface area (Å²) in [5.74, 6) is -1.08. The van der Waals surface area contributed by atoms with Crippen molar-refractivity contribution in [3.8, 4) is 5.75 Å². The number of methoxy groups -OCH3 is 1. The van der Waals surface area contributed by atoms with Gasteiger partial charge in [-0.25, -0.2) is 9.69 Å². The van der Waals surface area contributed by atoms with Crippen LogP contribution in [0, 0.1) is 0 Å². The fourth-order valence-corrected chi connectivity index (χ4v) is 3.05. The van der Waals surface area contributed by atoms with E-state index < -0.39 is 17.8 Å². The van der Waals surface area contributed by atoms with Crippen LogP contribution in [-0.2, 0) is 9.59 Å². The Morgan fingerprint density at radius 1 is 1.15 bits per heavy atom. The van der Waals surface area contributed by atoms with Gasteiger partial charge in [-0.2, -0.15) is 0 Å². The van der Waals surface area contributed by atoms with E-state index in [0.717, 1.165) is 4.90 Å². The minimum absolute atomic E-state index is 0.204. The number of rotatable bonds is 3. The standard InChI is InChI=1S/C18H12BrClN2O4/c1-26-15-6-5-12(20)7-10(15)8-14-16(23)21-18(25)22(17(14)24)13-4-2-3-11(19)9-13/h2-9H,1H3,(H,21,23,25)/b14-8+. The van der Waals surface area contributed by atoms with E-state index in [2.05, 4.69) is 21.2 Å². The second kappa shape index (κ2) is 7.31. The molecule has 1 aliphatic heterocycles. The van der Waals surface area contributed by atoms with Crippen molar-refractivity contribution >= 4 is 57.1 Å². The van der Waals surface area contributed by atoms with E-state index in [1.165, 1.54) is 13.2 Å². The van der Waals surface area contributed by atoms with Crippen LogP contribution in [0.3, 0.4) is 0 Å². The van der Waals surface area contributed by atoms with Gasteiger partial charge in [0, 0.05) is 15.1 Å². The molecule has 0 aromatic heterocycles. The van der Waals surface area contributed by atoms with Gasteiger partial charge < -0.3 is 4.74 Å². The summed E-state index contributed by atoms with van der Waals surface area (Å²) in [6, 6.07) is 10.6. The number of amides is 4. The maximum atomic E-state index is 12.8. The predicted octanol–water partition coefficient (Wildman–Crippen LogP) is 3.78. The zero-order valence-corrected chi connectivity index (χ0v) is 15.8. The van der Waals surface area contributed by atoms with E-state index in [1.54, 1.807) is 42.5 Å². The van der Waals surface area contributed by atoms with Crippen molar-refractivity contribution in [2.45, 2.75) is 0 Å². The number of barbiturate groups is 1. The average molecular weight is 436 g/mol. The van der Waals surface area contributed by atoms with Crippen molar-refractivity contribution < 1.29 is 19.1 Å². The molecule has 4 amide bonds. The Hall–Kier alpha value is -2.64. The van der Waals surface area contributed by atoms with Gasteiger partial charge in [0.05, 0.1) is 12.8 Å². The number of imide groups is 2. The van der Waals surface area contributed by atoms with Crippen LogP contribution in [-0.4, -0.2) is 25.0 Å². The molecule has 6 nitrogen and oxygen atoms in total. The first-order chi connectivity index (χ1) is 12.4. The van der Waals surface area contributed by atoms with E-state index in [9.17, 15) is 14.4 Å². The van der Waals surface area contributed by atoms with E-state index >= 15 is 0 Å². The quantitative estimate of drug-likeness (QED) is 0.588. The van der Waals surface area contributed by atoms with Crippen LogP contribution >= 0.6 is 27.5 Å². The van der Waals surface area contributed by atoms with Gasteiger partial charge in [0.1, 0.15) is 11.3 Å². The van der Waals surface area contributed by atoms with Gasteiger partial charge in [0.25, 0.3) is 11.8 Å². The molecule has 0 atom stereocenters. The molecule has 0 aliphatic carbocycles. The normalized spacial score (nSPS) is 16.0. The van der Waals surface area contributed by atoms with E-state index in [0.29, 0.717) is 26.5 Å². The third-order valence-corrected chi connectivity index (χ3v) is 4.39. The lowest BCUT2D eigenvalue weighted by Gasteiger charge is -2.26. The molecule has 1 fully saturated rings. The summed E-state index contributed by atoms with van der Waals surface area (Å²) < 4.78 is 5.92. The molecule has 0 saturated carbocycles. The van der Waals surface area contributed by atoms with Crippen molar-refractivity contribution in [1.29, 1.82) is 0 Å². The summed E-state index contributed by atoms with van der Waals surface area (Å²) in [6.45, 7) is 0.